The van der Waals surface area contributed by atoms with Gasteiger partial charge in [-0.1, -0.05) is 61.5 Å². The van der Waals surface area contributed by atoms with Gasteiger partial charge in [-0.2, -0.15) is 4.31 Å². The van der Waals surface area contributed by atoms with Crippen molar-refractivity contribution in [2.45, 2.75) is 37.6 Å². The lowest BCUT2D eigenvalue weighted by molar-refractivity contribution is 0.141. The van der Waals surface area contributed by atoms with Crippen molar-refractivity contribution in [3.05, 3.63) is 95.8 Å². The van der Waals surface area contributed by atoms with E-state index in [1.165, 1.54) is 5.56 Å². The van der Waals surface area contributed by atoms with Gasteiger partial charge in [0, 0.05) is 38.1 Å². The van der Waals surface area contributed by atoms with Gasteiger partial charge in [0.25, 0.3) is 0 Å². The molecule has 2 heterocycles. The second-order valence-electron chi connectivity index (χ2n) is 9.72. The van der Waals surface area contributed by atoms with Gasteiger partial charge in [-0.25, -0.2) is 18.4 Å². The van der Waals surface area contributed by atoms with Crippen molar-refractivity contribution in [1.82, 2.24) is 19.2 Å². The number of rotatable bonds is 9. The van der Waals surface area contributed by atoms with Crippen LogP contribution in [0.25, 0.3) is 10.9 Å². The van der Waals surface area contributed by atoms with Crippen LogP contribution in [0.15, 0.2) is 83.8 Å². The average molecular weight is 530 g/mol. The number of piperazine rings is 1. The zero-order valence-electron chi connectivity index (χ0n) is 22.0. The molecule has 1 aliphatic heterocycles. The Kier molecular flexibility index (Phi) is 8.02. The Balaban J connectivity index is 1.28. The van der Waals surface area contributed by atoms with Crippen molar-refractivity contribution in [3.8, 4) is 0 Å². The number of anilines is 1. The van der Waals surface area contributed by atoms with E-state index in [1.807, 2.05) is 42.5 Å². The first-order valence-electron chi connectivity index (χ1n) is 13.3. The van der Waals surface area contributed by atoms with Crippen molar-refractivity contribution in [3.63, 3.8) is 0 Å². The van der Waals surface area contributed by atoms with Gasteiger partial charge in [-0.15, -0.1) is 0 Å². The normalized spacial score (nSPS) is 15.9. The maximum atomic E-state index is 13.2. The van der Waals surface area contributed by atoms with Crippen LogP contribution in [0, 0.1) is 0 Å². The van der Waals surface area contributed by atoms with Crippen molar-refractivity contribution < 1.29 is 8.42 Å². The summed E-state index contributed by atoms with van der Waals surface area (Å²) in [5.41, 5.74) is 3.32. The molecule has 3 aromatic carbocycles. The SMILES string of the molecule is CCc1ccc(S(=O)(=O)N2CCN([C@H](C)c3nc(NCCc4ccccc4)c4ccccc4n3)CC2)cc1. The molecule has 0 radical (unpaired) electrons. The number of aromatic nitrogens is 2. The number of nitrogens with one attached hydrogen (secondary N) is 1. The molecule has 198 valence electrons. The van der Waals surface area contributed by atoms with E-state index < -0.39 is 10.0 Å². The lowest BCUT2D eigenvalue weighted by Crippen LogP contribution is -2.49. The van der Waals surface area contributed by atoms with Gasteiger partial charge in [-0.05, 0) is 55.2 Å². The molecule has 8 heteroatoms. The molecule has 1 N–H and O–H groups in total. The summed E-state index contributed by atoms with van der Waals surface area (Å²) in [5, 5.41) is 4.53. The van der Waals surface area contributed by atoms with Crippen LogP contribution < -0.4 is 5.32 Å². The molecule has 4 aromatic rings. The van der Waals surface area contributed by atoms with Gasteiger partial charge in [0.05, 0.1) is 16.5 Å². The maximum absolute atomic E-state index is 13.2. The van der Waals surface area contributed by atoms with Crippen molar-refractivity contribution >= 4 is 26.7 Å². The standard InChI is InChI=1S/C30H35N5O2S/c1-3-24-13-15-26(16-14-24)38(36,37)35-21-19-34(20-22-35)23(2)29-32-28-12-8-7-11-27(28)30(33-29)31-18-17-25-9-5-4-6-10-25/h4-16,23H,3,17-22H2,1-2H3,(H,31,32,33)/t23-/m1/s1. The molecule has 0 bridgehead atoms. The maximum Gasteiger partial charge on any atom is 0.243 e. The van der Waals surface area contributed by atoms with Crippen LogP contribution in [0.5, 0.6) is 0 Å². The molecule has 0 aliphatic carbocycles. The van der Waals surface area contributed by atoms with E-state index in [9.17, 15) is 8.42 Å². The Morgan fingerprint density at radius 2 is 1.53 bits per heavy atom. The highest BCUT2D eigenvalue weighted by atomic mass is 32.2. The molecule has 0 unspecified atom stereocenters. The third kappa shape index (κ3) is 5.72. The van der Waals surface area contributed by atoms with Crippen LogP contribution in [0.2, 0.25) is 0 Å². The predicted molar refractivity (Wildman–Crippen MR) is 153 cm³/mol. The molecule has 38 heavy (non-hydrogen) atoms. The third-order valence-electron chi connectivity index (χ3n) is 7.33. The topological polar surface area (TPSA) is 78.4 Å². The first-order chi connectivity index (χ1) is 18.5. The van der Waals surface area contributed by atoms with Crippen LogP contribution in [0.1, 0.15) is 36.8 Å². The minimum atomic E-state index is -3.50. The summed E-state index contributed by atoms with van der Waals surface area (Å²) in [5.74, 6) is 1.59. The van der Waals surface area contributed by atoms with E-state index in [1.54, 1.807) is 16.4 Å². The first kappa shape index (κ1) is 26.3. The summed E-state index contributed by atoms with van der Waals surface area (Å²) in [6.45, 7) is 7.07. The van der Waals surface area contributed by atoms with Crippen molar-refractivity contribution in [2.24, 2.45) is 0 Å². The number of hydrogen-bond acceptors (Lipinski definition) is 6. The third-order valence-corrected chi connectivity index (χ3v) is 9.25. The van der Waals surface area contributed by atoms with Crippen LogP contribution in [0.4, 0.5) is 5.82 Å². The van der Waals surface area contributed by atoms with Crippen LogP contribution >= 0.6 is 0 Å². The highest BCUT2D eigenvalue weighted by Gasteiger charge is 2.31. The monoisotopic (exact) mass is 529 g/mol. The molecule has 1 fully saturated rings. The van der Waals surface area contributed by atoms with Gasteiger partial charge < -0.3 is 5.32 Å². The molecule has 0 spiro atoms. The zero-order valence-corrected chi connectivity index (χ0v) is 22.9. The van der Waals surface area contributed by atoms with E-state index in [4.69, 9.17) is 9.97 Å². The fourth-order valence-corrected chi connectivity index (χ4v) is 6.35. The Bertz CT molecular complexity index is 1470. The van der Waals surface area contributed by atoms with Gasteiger partial charge in [0.1, 0.15) is 11.6 Å². The van der Waals surface area contributed by atoms with Crippen LogP contribution in [0.3, 0.4) is 0 Å². The molecule has 5 rings (SSSR count). The number of hydrogen-bond donors (Lipinski definition) is 1. The van der Waals surface area contributed by atoms with Gasteiger partial charge >= 0.3 is 0 Å². The molecule has 1 aliphatic rings. The summed E-state index contributed by atoms with van der Waals surface area (Å²) in [4.78, 5) is 12.5. The van der Waals surface area contributed by atoms with Crippen LogP contribution in [-0.4, -0.2) is 60.3 Å². The predicted octanol–water partition coefficient (Wildman–Crippen LogP) is 4.91. The Morgan fingerprint density at radius 3 is 2.24 bits per heavy atom. The van der Waals surface area contributed by atoms with Gasteiger partial charge in [-0.3, -0.25) is 4.90 Å². The minimum absolute atomic E-state index is 0.0389. The van der Waals surface area contributed by atoms with E-state index in [0.717, 1.165) is 47.5 Å². The lowest BCUT2D eigenvalue weighted by atomic mass is 10.1. The number of aryl methyl sites for hydroxylation is 1. The minimum Gasteiger partial charge on any atom is -0.369 e. The molecular weight excluding hydrogens is 494 g/mol. The quantitative estimate of drug-likeness (QED) is 0.332. The second kappa shape index (κ2) is 11.6. The van der Waals surface area contributed by atoms with Crippen molar-refractivity contribution in [1.29, 1.82) is 0 Å². The highest BCUT2D eigenvalue weighted by Crippen LogP contribution is 2.27. The number of fused-ring (bicyclic) bond motifs is 1. The van der Waals surface area contributed by atoms with E-state index in [2.05, 4.69) is 48.3 Å². The molecule has 0 saturated carbocycles. The fraction of sp³-hybridized carbons (Fsp3) is 0.333. The number of nitrogens with zero attached hydrogens (tertiary/aromatic N) is 4. The molecule has 1 saturated heterocycles. The molecule has 0 amide bonds. The van der Waals surface area contributed by atoms with E-state index in [-0.39, 0.29) is 6.04 Å². The van der Waals surface area contributed by atoms with Crippen molar-refractivity contribution in [2.75, 3.05) is 38.0 Å². The first-order valence-corrected chi connectivity index (χ1v) is 14.8. The molecule has 1 atom stereocenters. The summed E-state index contributed by atoms with van der Waals surface area (Å²) < 4.78 is 28.0. The summed E-state index contributed by atoms with van der Waals surface area (Å²) in [6.07, 6.45) is 1.79. The lowest BCUT2D eigenvalue weighted by Gasteiger charge is -2.36. The smallest absolute Gasteiger partial charge is 0.243 e. The number of sulfonamides is 1. The average Bonchev–Trinajstić information content (AvgIpc) is 2.97. The number of para-hydroxylation sites is 1. The Morgan fingerprint density at radius 1 is 0.842 bits per heavy atom. The fourth-order valence-electron chi connectivity index (χ4n) is 4.93. The molecule has 7 nitrogen and oxygen atoms in total. The van der Waals surface area contributed by atoms with Gasteiger partial charge in [0.2, 0.25) is 10.0 Å². The highest BCUT2D eigenvalue weighted by molar-refractivity contribution is 7.89. The zero-order chi connectivity index (χ0) is 26.5. The Labute approximate surface area is 225 Å². The number of benzene rings is 3. The van der Waals surface area contributed by atoms with E-state index >= 15 is 0 Å². The van der Waals surface area contributed by atoms with Crippen LogP contribution in [-0.2, 0) is 22.9 Å². The molecule has 1 aromatic heterocycles. The largest absolute Gasteiger partial charge is 0.369 e. The Hall–Kier alpha value is -3.33. The second-order valence-corrected chi connectivity index (χ2v) is 11.7. The summed E-state index contributed by atoms with van der Waals surface area (Å²) in [7, 11) is -3.50. The molecular formula is C30H35N5O2S. The van der Waals surface area contributed by atoms with Gasteiger partial charge in [0.15, 0.2) is 0 Å². The summed E-state index contributed by atoms with van der Waals surface area (Å²) in [6, 6.07) is 25.7. The summed E-state index contributed by atoms with van der Waals surface area (Å²) >= 11 is 0. The van der Waals surface area contributed by atoms with E-state index in [0.29, 0.717) is 31.1 Å².